The van der Waals surface area contributed by atoms with E-state index in [2.05, 4.69) is 14.7 Å². The zero-order valence-electron chi connectivity index (χ0n) is 17.7. The summed E-state index contributed by atoms with van der Waals surface area (Å²) >= 11 is 5.92. The van der Waals surface area contributed by atoms with Crippen LogP contribution < -0.4 is 4.72 Å². The second kappa shape index (κ2) is 8.07. The van der Waals surface area contributed by atoms with Crippen molar-refractivity contribution in [1.82, 2.24) is 9.97 Å². The van der Waals surface area contributed by atoms with Crippen LogP contribution in [0.1, 0.15) is 29.8 Å². The highest BCUT2D eigenvalue weighted by atomic mass is 35.5. The first-order chi connectivity index (χ1) is 14.6. The zero-order chi connectivity index (χ0) is 24.1. The Balaban J connectivity index is 2.04. The SMILES string of the molecule is CC(C)(O)C[N+](C)(C)S(=O)(=O)Nc1ccc(F)c(C(=O)c2c[nH]c3ncc(Cl)cc23)c1F. The molecule has 3 aromatic rings. The molecule has 3 N–H and O–H groups in total. The minimum atomic E-state index is -4.30. The number of pyridine rings is 1. The average Bonchev–Trinajstić information content (AvgIpc) is 3.05. The van der Waals surface area contributed by atoms with Crippen molar-refractivity contribution < 1.29 is 31.0 Å². The number of likely N-dealkylation sites (N-methyl/N-ethyl adjacent to an activating group) is 1. The maximum atomic E-state index is 15.2. The predicted octanol–water partition coefficient (Wildman–Crippen LogP) is 3.23. The van der Waals surface area contributed by atoms with Gasteiger partial charge in [-0.25, -0.2) is 22.4 Å². The molecule has 2 heterocycles. The standard InChI is InChI=1S/C20H21ClF2N4O4S/c1-20(2,29)10-27(3,4)32(30,31)26-15-6-5-14(22)16(17(15)23)18(28)13-9-25-19-12(13)7-11(21)8-24-19/h5-9,26,29H,10H2,1-4H3/p+1. The molecule has 12 heteroatoms. The predicted molar refractivity (Wildman–Crippen MR) is 117 cm³/mol. The van der Waals surface area contributed by atoms with E-state index >= 15 is 4.39 Å². The van der Waals surface area contributed by atoms with Crippen molar-refractivity contribution in [3.05, 3.63) is 58.4 Å². The molecule has 0 aliphatic carbocycles. The third-order valence-corrected chi connectivity index (χ3v) is 6.83. The van der Waals surface area contributed by atoms with Crippen molar-refractivity contribution in [2.75, 3.05) is 25.4 Å². The largest absolute Gasteiger partial charge is 0.393 e. The van der Waals surface area contributed by atoms with Gasteiger partial charge in [-0.1, -0.05) is 11.6 Å². The fraction of sp³-hybridized carbons (Fsp3) is 0.300. The summed E-state index contributed by atoms with van der Waals surface area (Å²) in [6.07, 6.45) is 2.59. The lowest BCUT2D eigenvalue weighted by atomic mass is 10.0. The fourth-order valence-electron chi connectivity index (χ4n) is 3.42. The van der Waals surface area contributed by atoms with Gasteiger partial charge in [-0.3, -0.25) is 4.79 Å². The number of carbonyl (C=O) groups excluding carboxylic acids is 1. The smallest absolute Gasteiger partial charge is 0.385 e. The van der Waals surface area contributed by atoms with Gasteiger partial charge < -0.3 is 10.1 Å². The number of nitrogens with one attached hydrogen (secondary N) is 2. The van der Waals surface area contributed by atoms with E-state index < -0.39 is 48.4 Å². The summed E-state index contributed by atoms with van der Waals surface area (Å²) in [7, 11) is -1.69. The number of anilines is 1. The van der Waals surface area contributed by atoms with E-state index in [9.17, 15) is 22.7 Å². The van der Waals surface area contributed by atoms with Crippen molar-refractivity contribution in [3.8, 4) is 0 Å². The molecule has 0 aliphatic rings. The average molecular weight is 488 g/mol. The van der Waals surface area contributed by atoms with Gasteiger partial charge in [0, 0.05) is 23.3 Å². The van der Waals surface area contributed by atoms with E-state index in [1.54, 1.807) is 0 Å². The Bertz CT molecular complexity index is 1320. The van der Waals surface area contributed by atoms with Crippen LogP contribution >= 0.6 is 11.6 Å². The van der Waals surface area contributed by atoms with E-state index in [1.165, 1.54) is 46.4 Å². The monoisotopic (exact) mass is 487 g/mol. The highest BCUT2D eigenvalue weighted by Crippen LogP contribution is 2.29. The lowest BCUT2D eigenvalue weighted by Crippen LogP contribution is -2.55. The Kier molecular flexibility index (Phi) is 6.07. The number of hydrogen-bond donors (Lipinski definition) is 3. The van der Waals surface area contributed by atoms with E-state index in [4.69, 9.17) is 11.6 Å². The summed E-state index contributed by atoms with van der Waals surface area (Å²) in [4.78, 5) is 19.7. The molecule has 0 aliphatic heterocycles. The molecule has 0 saturated carbocycles. The Morgan fingerprint density at radius 3 is 2.59 bits per heavy atom. The molecular formula is C20H22ClF2N4O4S+. The number of aliphatic hydroxyl groups is 1. The lowest BCUT2D eigenvalue weighted by molar-refractivity contribution is -0.770. The van der Waals surface area contributed by atoms with Crippen molar-refractivity contribution in [1.29, 1.82) is 0 Å². The van der Waals surface area contributed by atoms with Crippen LogP contribution in [-0.4, -0.2) is 59.4 Å². The van der Waals surface area contributed by atoms with Crippen LogP contribution in [0.25, 0.3) is 11.0 Å². The maximum absolute atomic E-state index is 15.2. The number of carbonyl (C=O) groups is 1. The van der Waals surface area contributed by atoms with Gasteiger partial charge in [0.1, 0.15) is 23.6 Å². The van der Waals surface area contributed by atoms with Crippen molar-refractivity contribution >= 4 is 44.3 Å². The number of halogens is 3. The van der Waals surface area contributed by atoms with Gasteiger partial charge in [-0.05, 0) is 32.0 Å². The van der Waals surface area contributed by atoms with Gasteiger partial charge in [0.2, 0.25) is 5.78 Å². The van der Waals surface area contributed by atoms with Crippen molar-refractivity contribution in [2.24, 2.45) is 0 Å². The van der Waals surface area contributed by atoms with Crippen LogP contribution in [0.4, 0.5) is 14.5 Å². The van der Waals surface area contributed by atoms with Crippen LogP contribution in [0.2, 0.25) is 5.02 Å². The van der Waals surface area contributed by atoms with Gasteiger partial charge in [0.15, 0.2) is 5.82 Å². The summed E-state index contributed by atoms with van der Waals surface area (Å²) < 4.78 is 56.7. The number of nitrogens with zero attached hydrogens (tertiary/aromatic N) is 2. The minimum Gasteiger partial charge on any atom is -0.385 e. The molecule has 172 valence electrons. The first-order valence-electron chi connectivity index (χ1n) is 9.36. The number of ketones is 1. The normalized spacial score (nSPS) is 12.9. The first kappa shape index (κ1) is 24.1. The molecular weight excluding hydrogens is 466 g/mol. The molecule has 0 radical (unpaired) electrons. The van der Waals surface area contributed by atoms with Gasteiger partial charge in [-0.15, -0.1) is 0 Å². The third-order valence-electron chi connectivity index (χ3n) is 4.72. The maximum Gasteiger partial charge on any atom is 0.393 e. The Morgan fingerprint density at radius 1 is 1.31 bits per heavy atom. The molecule has 0 bridgehead atoms. The first-order valence-corrected chi connectivity index (χ1v) is 11.2. The van der Waals surface area contributed by atoms with Crippen LogP contribution in [0.15, 0.2) is 30.6 Å². The summed E-state index contributed by atoms with van der Waals surface area (Å²) in [5.74, 6) is -3.54. The van der Waals surface area contributed by atoms with Crippen LogP contribution in [0, 0.1) is 11.6 Å². The second-order valence-electron chi connectivity index (χ2n) is 8.49. The minimum absolute atomic E-state index is 0.0778. The molecule has 0 unspecified atom stereocenters. The van der Waals surface area contributed by atoms with Gasteiger partial charge in [-0.2, -0.15) is 8.42 Å². The molecule has 2 aromatic heterocycles. The molecule has 0 amide bonds. The quantitative estimate of drug-likeness (QED) is 0.350. The van der Waals surface area contributed by atoms with E-state index in [0.29, 0.717) is 5.65 Å². The van der Waals surface area contributed by atoms with Crippen LogP contribution in [0.3, 0.4) is 0 Å². The number of fused-ring (bicyclic) bond motifs is 1. The number of H-pyrrole nitrogens is 1. The van der Waals surface area contributed by atoms with Crippen molar-refractivity contribution in [3.63, 3.8) is 0 Å². The van der Waals surface area contributed by atoms with E-state index in [1.807, 2.05) is 0 Å². The zero-order valence-corrected chi connectivity index (χ0v) is 19.3. The molecule has 0 saturated heterocycles. The Morgan fingerprint density at radius 2 is 1.97 bits per heavy atom. The summed E-state index contributed by atoms with van der Waals surface area (Å²) in [5, 5.41) is 10.5. The second-order valence-corrected chi connectivity index (χ2v) is 11.1. The fourth-order valence-corrected chi connectivity index (χ4v) is 4.75. The number of hydrogen-bond acceptors (Lipinski definition) is 5. The Labute approximate surface area is 188 Å². The number of aromatic amines is 1. The molecule has 3 rings (SSSR count). The van der Waals surface area contributed by atoms with Gasteiger partial charge >= 0.3 is 10.2 Å². The molecule has 0 atom stereocenters. The lowest BCUT2D eigenvalue weighted by Gasteiger charge is -2.33. The number of rotatable bonds is 7. The molecule has 32 heavy (non-hydrogen) atoms. The van der Waals surface area contributed by atoms with Gasteiger partial charge in [0.05, 0.1) is 30.4 Å². The summed E-state index contributed by atoms with van der Waals surface area (Å²) in [5.41, 5.74) is -2.66. The topological polar surface area (TPSA) is 112 Å². The van der Waals surface area contributed by atoms with E-state index in [-0.39, 0.29) is 22.5 Å². The molecule has 1 aromatic carbocycles. The van der Waals surface area contributed by atoms with Crippen molar-refractivity contribution in [2.45, 2.75) is 19.4 Å². The highest BCUT2D eigenvalue weighted by Gasteiger charge is 2.39. The third kappa shape index (κ3) is 4.60. The molecule has 8 nitrogen and oxygen atoms in total. The number of quaternary nitrogens is 1. The molecule has 0 spiro atoms. The number of aromatic nitrogens is 2. The van der Waals surface area contributed by atoms with E-state index in [0.717, 1.165) is 12.1 Å². The molecule has 0 fully saturated rings. The van der Waals surface area contributed by atoms with Crippen LogP contribution in [0.5, 0.6) is 0 Å². The van der Waals surface area contributed by atoms with Crippen LogP contribution in [-0.2, 0) is 10.2 Å². The van der Waals surface area contributed by atoms with Gasteiger partial charge in [0.25, 0.3) is 0 Å². The number of benzene rings is 1. The Hall–Kier alpha value is -2.60. The summed E-state index contributed by atoms with van der Waals surface area (Å²) in [6.45, 7) is 2.64. The summed E-state index contributed by atoms with van der Waals surface area (Å²) in [6, 6.07) is 3.10. The highest BCUT2D eigenvalue weighted by molar-refractivity contribution is 7.87.